The molecule has 0 radical (unpaired) electrons. The number of allylic oxidation sites excluding steroid dienone is 1. The lowest BCUT2D eigenvalue weighted by atomic mass is 9.92. The maximum atomic E-state index is 11.8. The first-order valence-electron chi connectivity index (χ1n) is 14.3. The Labute approximate surface area is 239 Å². The van der Waals surface area contributed by atoms with Crippen molar-refractivity contribution in [2.75, 3.05) is 20.8 Å². The topological polar surface area (TPSA) is 61.8 Å². The lowest BCUT2D eigenvalue weighted by molar-refractivity contribution is -0.140. The highest BCUT2D eigenvalue weighted by Crippen LogP contribution is 2.21. The number of para-hydroxylation sites is 1. The van der Waals surface area contributed by atoms with Crippen LogP contribution in [0.3, 0.4) is 0 Å². The molecule has 0 bridgehead atoms. The predicted molar refractivity (Wildman–Crippen MR) is 160 cm³/mol. The molecule has 3 rings (SSSR count). The smallest absolute Gasteiger partial charge is 0.337 e. The van der Waals surface area contributed by atoms with Crippen molar-refractivity contribution >= 4 is 18.0 Å². The Kier molecular flexibility index (Phi) is 13.6. The van der Waals surface area contributed by atoms with Crippen LogP contribution in [-0.2, 0) is 27.1 Å². The van der Waals surface area contributed by atoms with Crippen molar-refractivity contribution in [3.63, 3.8) is 0 Å². The third kappa shape index (κ3) is 11.5. The number of unbranched alkanes of at least 4 members (excludes halogenated alkanes) is 3. The molecule has 1 unspecified atom stereocenters. The number of aryl methyl sites for hydroxylation is 1. The van der Waals surface area contributed by atoms with Gasteiger partial charge in [-0.2, -0.15) is 0 Å². The Morgan fingerprint density at radius 3 is 2.33 bits per heavy atom. The number of hydrogen-bond acceptors (Lipinski definition) is 5. The van der Waals surface area contributed by atoms with Crippen LogP contribution < -0.4 is 4.74 Å². The number of benzene rings is 3. The second kappa shape index (κ2) is 17.7. The number of hydrogen-bond donors (Lipinski definition) is 0. The number of ether oxygens (including phenoxy) is 3. The van der Waals surface area contributed by atoms with Gasteiger partial charge in [0.15, 0.2) is 0 Å². The summed E-state index contributed by atoms with van der Waals surface area (Å²) in [6.07, 6.45) is 12.9. The fraction of sp³-hybridized carbons (Fsp3) is 0.371. The minimum atomic E-state index is -0.328. The Bertz CT molecular complexity index is 1180. The molecule has 3 aromatic carbocycles. The SMILES string of the molecule is COC(=O)CCCCC(/C=C\c1cccc(CCCCCOc2ccccc2)c1)Cc1ccc(C(=O)OC)cc1. The van der Waals surface area contributed by atoms with Crippen molar-refractivity contribution in [1.82, 2.24) is 0 Å². The van der Waals surface area contributed by atoms with E-state index < -0.39 is 0 Å². The number of carbonyl (C=O) groups is 2. The minimum Gasteiger partial charge on any atom is -0.494 e. The molecule has 0 aliphatic heterocycles. The van der Waals surface area contributed by atoms with Gasteiger partial charge in [0, 0.05) is 6.42 Å². The lowest BCUT2D eigenvalue weighted by Gasteiger charge is -2.14. The zero-order valence-corrected chi connectivity index (χ0v) is 23.8. The molecule has 0 aliphatic rings. The Morgan fingerprint density at radius 2 is 1.57 bits per heavy atom. The Morgan fingerprint density at radius 1 is 0.775 bits per heavy atom. The molecule has 0 saturated carbocycles. The van der Waals surface area contributed by atoms with E-state index in [1.165, 1.54) is 30.9 Å². The minimum absolute atomic E-state index is 0.161. The van der Waals surface area contributed by atoms with E-state index >= 15 is 0 Å². The van der Waals surface area contributed by atoms with Gasteiger partial charge in [-0.3, -0.25) is 4.79 Å². The molecular formula is C35H42O5. The summed E-state index contributed by atoms with van der Waals surface area (Å²) in [4.78, 5) is 23.3. The first-order chi connectivity index (χ1) is 19.6. The summed E-state index contributed by atoms with van der Waals surface area (Å²) in [7, 11) is 2.82. The average Bonchev–Trinajstić information content (AvgIpc) is 3.00. The van der Waals surface area contributed by atoms with E-state index in [0.717, 1.165) is 63.7 Å². The van der Waals surface area contributed by atoms with Gasteiger partial charge >= 0.3 is 11.9 Å². The Balaban J connectivity index is 1.52. The van der Waals surface area contributed by atoms with E-state index in [1.54, 1.807) is 0 Å². The van der Waals surface area contributed by atoms with Crippen LogP contribution in [0.2, 0.25) is 0 Å². The third-order valence-corrected chi connectivity index (χ3v) is 6.94. The van der Waals surface area contributed by atoms with Crippen LogP contribution >= 0.6 is 0 Å². The normalized spacial score (nSPS) is 11.8. The second-order valence-corrected chi connectivity index (χ2v) is 10.1. The van der Waals surface area contributed by atoms with Crippen molar-refractivity contribution in [2.24, 2.45) is 5.92 Å². The van der Waals surface area contributed by atoms with Gasteiger partial charge in [0.1, 0.15) is 5.75 Å². The zero-order valence-electron chi connectivity index (χ0n) is 23.8. The number of rotatable bonds is 17. The van der Waals surface area contributed by atoms with E-state index in [9.17, 15) is 9.59 Å². The van der Waals surface area contributed by atoms with Gasteiger partial charge < -0.3 is 14.2 Å². The third-order valence-electron chi connectivity index (χ3n) is 6.94. The molecular weight excluding hydrogens is 500 g/mol. The highest BCUT2D eigenvalue weighted by molar-refractivity contribution is 5.89. The monoisotopic (exact) mass is 542 g/mol. The molecule has 212 valence electrons. The molecule has 3 aromatic rings. The van der Waals surface area contributed by atoms with Gasteiger partial charge in [0.25, 0.3) is 0 Å². The maximum Gasteiger partial charge on any atom is 0.337 e. The van der Waals surface area contributed by atoms with Gasteiger partial charge in [-0.15, -0.1) is 0 Å². The fourth-order valence-electron chi connectivity index (χ4n) is 4.66. The number of methoxy groups -OCH3 is 2. The molecule has 0 spiro atoms. The van der Waals surface area contributed by atoms with Crippen molar-refractivity contribution in [3.05, 3.63) is 107 Å². The van der Waals surface area contributed by atoms with Crippen LogP contribution in [0.4, 0.5) is 0 Å². The van der Waals surface area contributed by atoms with Crippen LogP contribution in [0.25, 0.3) is 6.08 Å². The van der Waals surface area contributed by atoms with Crippen LogP contribution in [0, 0.1) is 5.92 Å². The molecule has 0 aromatic heterocycles. The summed E-state index contributed by atoms with van der Waals surface area (Å²) in [5.74, 6) is 0.758. The molecule has 5 nitrogen and oxygen atoms in total. The fourth-order valence-corrected chi connectivity index (χ4v) is 4.66. The summed E-state index contributed by atoms with van der Waals surface area (Å²) in [5.41, 5.74) is 4.27. The summed E-state index contributed by atoms with van der Waals surface area (Å²) < 4.78 is 15.4. The first kappa shape index (κ1) is 30.7. The van der Waals surface area contributed by atoms with Gasteiger partial charge in [-0.25, -0.2) is 4.79 Å². The van der Waals surface area contributed by atoms with Gasteiger partial charge in [-0.1, -0.05) is 73.2 Å². The zero-order chi connectivity index (χ0) is 28.4. The van der Waals surface area contributed by atoms with Crippen LogP contribution in [0.1, 0.15) is 72.0 Å². The standard InChI is InChI=1S/C35H42O5/c1-38-34(36)18-9-8-13-29(27-31-21-23-32(24-22-31)35(37)39-2)19-20-30-15-11-14-28(26-30)12-5-4-10-25-40-33-16-6-3-7-17-33/h3,6-7,11,14-17,19-24,26,29H,4-5,8-10,12-13,18,25,27H2,1-2H3/b20-19-. The molecule has 0 fully saturated rings. The van der Waals surface area contributed by atoms with E-state index in [4.69, 9.17) is 14.2 Å². The van der Waals surface area contributed by atoms with Crippen LogP contribution in [0.5, 0.6) is 5.75 Å². The molecule has 0 amide bonds. The molecule has 0 N–H and O–H groups in total. The van der Waals surface area contributed by atoms with Gasteiger partial charge in [0.2, 0.25) is 0 Å². The predicted octanol–water partition coefficient (Wildman–Crippen LogP) is 7.87. The van der Waals surface area contributed by atoms with Crippen molar-refractivity contribution in [2.45, 2.75) is 57.8 Å². The number of esters is 2. The molecule has 5 heteroatoms. The van der Waals surface area contributed by atoms with Crippen LogP contribution in [0.15, 0.2) is 84.9 Å². The van der Waals surface area contributed by atoms with Gasteiger partial charge in [0.05, 0.1) is 26.4 Å². The van der Waals surface area contributed by atoms with Crippen molar-refractivity contribution < 1.29 is 23.8 Å². The quantitative estimate of drug-likeness (QED) is 0.128. The molecule has 0 heterocycles. The molecule has 1 atom stereocenters. The summed E-state index contributed by atoms with van der Waals surface area (Å²) in [6.45, 7) is 0.749. The molecule has 0 saturated heterocycles. The Hall–Kier alpha value is -3.86. The largest absolute Gasteiger partial charge is 0.494 e. The van der Waals surface area contributed by atoms with Gasteiger partial charge in [-0.05, 0) is 91.8 Å². The van der Waals surface area contributed by atoms with Crippen molar-refractivity contribution in [1.29, 1.82) is 0 Å². The average molecular weight is 543 g/mol. The maximum absolute atomic E-state index is 11.8. The summed E-state index contributed by atoms with van der Waals surface area (Å²) in [5, 5.41) is 0. The summed E-state index contributed by atoms with van der Waals surface area (Å²) in [6, 6.07) is 26.3. The van der Waals surface area contributed by atoms with E-state index in [2.05, 4.69) is 36.4 Å². The molecule has 40 heavy (non-hydrogen) atoms. The number of carbonyl (C=O) groups excluding carboxylic acids is 2. The van der Waals surface area contributed by atoms with E-state index in [1.807, 2.05) is 54.6 Å². The highest BCUT2D eigenvalue weighted by Gasteiger charge is 2.10. The lowest BCUT2D eigenvalue weighted by Crippen LogP contribution is -2.05. The second-order valence-electron chi connectivity index (χ2n) is 10.1. The van der Waals surface area contributed by atoms with E-state index in [-0.39, 0.29) is 11.9 Å². The van der Waals surface area contributed by atoms with E-state index in [0.29, 0.717) is 17.9 Å². The van der Waals surface area contributed by atoms with Crippen molar-refractivity contribution in [3.8, 4) is 5.75 Å². The highest BCUT2D eigenvalue weighted by atomic mass is 16.5. The first-order valence-corrected chi connectivity index (χ1v) is 14.3. The summed E-state index contributed by atoms with van der Waals surface area (Å²) >= 11 is 0. The molecule has 0 aliphatic carbocycles. The van der Waals surface area contributed by atoms with Crippen LogP contribution in [-0.4, -0.2) is 32.8 Å².